The van der Waals surface area contributed by atoms with E-state index < -0.39 is 0 Å². The van der Waals surface area contributed by atoms with Crippen molar-refractivity contribution >= 4 is 19.5 Å². The highest BCUT2D eigenvalue weighted by Gasteiger charge is 2.07. The molecular weight excluding hydrogens is 435 g/mol. The minimum atomic E-state index is 0.689. The van der Waals surface area contributed by atoms with Crippen LogP contribution in [-0.2, 0) is 13.1 Å². The van der Waals surface area contributed by atoms with Gasteiger partial charge in [0.05, 0.1) is 19.3 Å². The van der Waals surface area contributed by atoms with Crippen LogP contribution in [0.1, 0.15) is 16.7 Å². The van der Waals surface area contributed by atoms with Crippen molar-refractivity contribution in [2.75, 3.05) is 0 Å². The van der Waals surface area contributed by atoms with Gasteiger partial charge in [-0.1, -0.05) is 133 Å². The number of nitrogens with zero attached hydrogens (tertiary/aromatic N) is 2. The molecule has 3 heteroatoms. The van der Waals surface area contributed by atoms with Crippen LogP contribution in [0.25, 0.3) is 22.3 Å². The molecule has 0 saturated heterocycles. The number of hydrogen-bond donors (Lipinski definition) is 0. The van der Waals surface area contributed by atoms with Gasteiger partial charge in [0.2, 0.25) is 0 Å². The highest BCUT2D eigenvalue weighted by molar-refractivity contribution is 6.35. The van der Waals surface area contributed by atoms with Crippen LogP contribution < -0.4 is 5.46 Å². The van der Waals surface area contributed by atoms with Crippen molar-refractivity contribution in [3.8, 4) is 22.3 Å². The SMILES string of the molecule is [B]c1ccccc1-c1cccc(CN(Cc2ccccc2)/N=C/c2ccc(-c3ccccc3)cc2)c1. The van der Waals surface area contributed by atoms with Crippen LogP contribution in [0.5, 0.6) is 0 Å². The van der Waals surface area contributed by atoms with Gasteiger partial charge in [-0.3, -0.25) is 5.01 Å². The fraction of sp³-hybridized carbons (Fsp3) is 0.0606. The first-order chi connectivity index (χ1) is 17.7. The van der Waals surface area contributed by atoms with Gasteiger partial charge in [-0.25, -0.2) is 0 Å². The van der Waals surface area contributed by atoms with E-state index in [9.17, 15) is 0 Å². The molecular formula is C33H27BN2. The molecule has 0 aliphatic rings. The molecule has 2 radical (unpaired) electrons. The Balaban J connectivity index is 1.37. The van der Waals surface area contributed by atoms with E-state index in [0.717, 1.165) is 28.7 Å². The lowest BCUT2D eigenvalue weighted by molar-refractivity contribution is 0.272. The van der Waals surface area contributed by atoms with E-state index in [4.69, 9.17) is 12.9 Å². The van der Waals surface area contributed by atoms with Crippen molar-refractivity contribution in [3.63, 3.8) is 0 Å². The Bertz CT molecular complexity index is 1430. The molecule has 0 heterocycles. The molecule has 0 unspecified atom stereocenters. The minimum absolute atomic E-state index is 0.689. The van der Waals surface area contributed by atoms with E-state index in [0.29, 0.717) is 6.54 Å². The van der Waals surface area contributed by atoms with Crippen LogP contribution in [0.15, 0.2) is 139 Å². The standard InChI is InChI=1S/C33H27BN2/c34-33-17-8-7-16-32(33)31-15-9-12-28(22-31)25-36(24-27-10-3-1-4-11-27)35-23-26-18-20-30(21-19-26)29-13-5-2-6-14-29/h1-23H,24-25H2/b35-23+. The second-order valence-corrected chi connectivity index (χ2v) is 8.83. The Kier molecular flexibility index (Phi) is 7.39. The van der Waals surface area contributed by atoms with Crippen molar-refractivity contribution in [1.82, 2.24) is 5.01 Å². The average molecular weight is 462 g/mol. The summed E-state index contributed by atoms with van der Waals surface area (Å²) in [6.07, 6.45) is 1.94. The fourth-order valence-corrected chi connectivity index (χ4v) is 4.28. The summed E-state index contributed by atoms with van der Waals surface area (Å²) in [5.41, 5.74) is 8.84. The molecule has 0 aliphatic carbocycles. The predicted octanol–water partition coefficient (Wildman–Crippen LogP) is 6.85. The first-order valence-electron chi connectivity index (χ1n) is 12.2. The van der Waals surface area contributed by atoms with Crippen LogP contribution in [-0.4, -0.2) is 19.1 Å². The van der Waals surface area contributed by atoms with Crippen molar-refractivity contribution in [2.24, 2.45) is 5.10 Å². The largest absolute Gasteiger partial charge is 0.288 e. The molecule has 172 valence electrons. The van der Waals surface area contributed by atoms with Gasteiger partial charge in [-0.15, -0.1) is 0 Å². The topological polar surface area (TPSA) is 15.6 Å². The van der Waals surface area contributed by atoms with Gasteiger partial charge in [0, 0.05) is 0 Å². The molecule has 0 atom stereocenters. The summed E-state index contributed by atoms with van der Waals surface area (Å²) >= 11 is 0. The summed E-state index contributed by atoms with van der Waals surface area (Å²) in [6, 6.07) is 45.9. The van der Waals surface area contributed by atoms with Crippen molar-refractivity contribution in [3.05, 3.63) is 150 Å². The van der Waals surface area contributed by atoms with Crippen molar-refractivity contribution < 1.29 is 0 Å². The zero-order valence-electron chi connectivity index (χ0n) is 20.2. The maximum absolute atomic E-state index is 6.23. The second-order valence-electron chi connectivity index (χ2n) is 8.83. The number of hydrogen-bond acceptors (Lipinski definition) is 2. The smallest absolute Gasteiger partial charge is 0.114 e. The molecule has 0 bridgehead atoms. The Morgan fingerprint density at radius 2 is 1.14 bits per heavy atom. The Morgan fingerprint density at radius 3 is 1.89 bits per heavy atom. The lowest BCUT2D eigenvalue weighted by atomic mass is 9.87. The summed E-state index contributed by atoms with van der Waals surface area (Å²) < 4.78 is 0. The highest BCUT2D eigenvalue weighted by atomic mass is 15.4. The van der Waals surface area contributed by atoms with Gasteiger partial charge in [0.25, 0.3) is 0 Å². The van der Waals surface area contributed by atoms with Crippen LogP contribution in [0.3, 0.4) is 0 Å². The minimum Gasteiger partial charge on any atom is -0.288 e. The Morgan fingerprint density at radius 1 is 0.556 bits per heavy atom. The predicted molar refractivity (Wildman–Crippen MR) is 152 cm³/mol. The summed E-state index contributed by atoms with van der Waals surface area (Å²) in [7, 11) is 6.23. The molecule has 2 nitrogen and oxygen atoms in total. The molecule has 0 spiro atoms. The highest BCUT2D eigenvalue weighted by Crippen LogP contribution is 2.21. The molecule has 0 aromatic heterocycles. The van der Waals surface area contributed by atoms with E-state index in [1.807, 2.05) is 36.5 Å². The number of rotatable bonds is 8. The number of benzene rings is 5. The van der Waals surface area contributed by atoms with Gasteiger partial charge in [0.1, 0.15) is 7.85 Å². The quantitative estimate of drug-likeness (QED) is 0.140. The fourth-order valence-electron chi connectivity index (χ4n) is 4.28. The zero-order chi connectivity index (χ0) is 24.6. The average Bonchev–Trinajstić information content (AvgIpc) is 2.93. The third-order valence-electron chi connectivity index (χ3n) is 6.16. The summed E-state index contributed by atoms with van der Waals surface area (Å²) in [5, 5.41) is 7.00. The Hall–Kier alpha value is -4.37. The third-order valence-corrected chi connectivity index (χ3v) is 6.16. The van der Waals surface area contributed by atoms with Crippen LogP contribution in [0.4, 0.5) is 0 Å². The van der Waals surface area contributed by atoms with E-state index in [2.05, 4.69) is 108 Å². The molecule has 0 N–H and O–H groups in total. The molecule has 5 aromatic rings. The molecule has 0 fully saturated rings. The van der Waals surface area contributed by atoms with Gasteiger partial charge >= 0.3 is 0 Å². The first-order valence-corrected chi connectivity index (χ1v) is 12.2. The van der Waals surface area contributed by atoms with Crippen molar-refractivity contribution in [2.45, 2.75) is 13.1 Å². The number of hydrazone groups is 1. The molecule has 0 amide bonds. The van der Waals surface area contributed by atoms with Gasteiger partial charge in [-0.2, -0.15) is 5.10 Å². The monoisotopic (exact) mass is 462 g/mol. The summed E-state index contributed by atoms with van der Waals surface area (Å²) in [5.74, 6) is 0. The van der Waals surface area contributed by atoms with Crippen molar-refractivity contribution in [1.29, 1.82) is 0 Å². The van der Waals surface area contributed by atoms with Crippen LogP contribution >= 0.6 is 0 Å². The lowest BCUT2D eigenvalue weighted by Gasteiger charge is -2.20. The zero-order valence-corrected chi connectivity index (χ0v) is 20.2. The molecule has 5 aromatic carbocycles. The normalized spacial score (nSPS) is 11.0. The van der Waals surface area contributed by atoms with E-state index in [1.54, 1.807) is 0 Å². The molecule has 0 aliphatic heterocycles. The van der Waals surface area contributed by atoms with E-state index in [1.165, 1.54) is 22.3 Å². The van der Waals surface area contributed by atoms with Crippen LogP contribution in [0.2, 0.25) is 0 Å². The first kappa shape index (κ1) is 23.4. The molecule has 5 rings (SSSR count). The van der Waals surface area contributed by atoms with E-state index in [-0.39, 0.29) is 0 Å². The maximum atomic E-state index is 6.23. The Labute approximate surface area is 215 Å². The summed E-state index contributed by atoms with van der Waals surface area (Å²) in [6.45, 7) is 1.41. The van der Waals surface area contributed by atoms with Gasteiger partial charge in [-0.05, 0) is 45.0 Å². The molecule has 0 saturated carbocycles. The third kappa shape index (κ3) is 6.00. The van der Waals surface area contributed by atoms with Crippen LogP contribution in [0, 0.1) is 0 Å². The van der Waals surface area contributed by atoms with Gasteiger partial charge < -0.3 is 0 Å². The summed E-state index contributed by atoms with van der Waals surface area (Å²) in [4.78, 5) is 0. The maximum Gasteiger partial charge on any atom is 0.114 e. The second kappa shape index (κ2) is 11.4. The molecule has 36 heavy (non-hydrogen) atoms. The van der Waals surface area contributed by atoms with Gasteiger partial charge in [0.15, 0.2) is 0 Å². The lowest BCUT2D eigenvalue weighted by Crippen LogP contribution is -2.17. The van der Waals surface area contributed by atoms with E-state index >= 15 is 0 Å².